The Morgan fingerprint density at radius 1 is 1.37 bits per heavy atom. The zero-order valence-corrected chi connectivity index (χ0v) is 11.5. The first-order valence-electron chi connectivity index (χ1n) is 6.70. The van der Waals surface area contributed by atoms with Crippen LogP contribution in [0.2, 0.25) is 5.02 Å². The number of rotatable bonds is 4. The van der Waals surface area contributed by atoms with Gasteiger partial charge in [-0.3, -0.25) is 4.79 Å². The van der Waals surface area contributed by atoms with Crippen molar-refractivity contribution in [3.63, 3.8) is 0 Å². The first-order chi connectivity index (χ1) is 9.11. The van der Waals surface area contributed by atoms with Crippen LogP contribution in [-0.4, -0.2) is 22.8 Å². The third-order valence-corrected chi connectivity index (χ3v) is 3.90. The summed E-state index contributed by atoms with van der Waals surface area (Å²) in [4.78, 5) is 9.44. The summed E-state index contributed by atoms with van der Waals surface area (Å²) in [7, 11) is 0. The van der Waals surface area contributed by atoms with Gasteiger partial charge in [-0.25, -0.2) is 0 Å². The third kappa shape index (κ3) is 4.51. The first-order valence-corrected chi connectivity index (χ1v) is 7.07. The second kappa shape index (κ2) is 6.40. The summed E-state index contributed by atoms with van der Waals surface area (Å²) >= 11 is 5.96. The molecule has 2 aliphatic carbocycles. The molecule has 104 valence electrons. The molecule has 0 aromatic heterocycles. The summed E-state index contributed by atoms with van der Waals surface area (Å²) in [6.45, 7) is -0.269. The van der Waals surface area contributed by atoms with Crippen molar-refractivity contribution in [3.8, 4) is 0 Å². The van der Waals surface area contributed by atoms with E-state index in [0.29, 0.717) is 0 Å². The number of carboxylic acids is 1. The third-order valence-electron chi connectivity index (χ3n) is 3.67. The van der Waals surface area contributed by atoms with Gasteiger partial charge in [0, 0.05) is 5.02 Å². The molecule has 2 atom stereocenters. The number of carboxylic acid groups (broad SMARTS) is 1. The highest BCUT2D eigenvalue weighted by Crippen LogP contribution is 2.59. The van der Waals surface area contributed by atoms with E-state index in [1.807, 2.05) is 6.07 Å². The molecule has 19 heavy (non-hydrogen) atoms. The lowest BCUT2D eigenvalue weighted by Crippen LogP contribution is -1.96. The Kier molecular flexibility index (Phi) is 4.83. The van der Waals surface area contributed by atoms with E-state index in [-0.39, 0.29) is 13.0 Å². The average Bonchev–Trinajstić information content (AvgIpc) is 3.22. The van der Waals surface area contributed by atoms with E-state index >= 15 is 0 Å². The summed E-state index contributed by atoms with van der Waals surface area (Å²) < 4.78 is 0. The quantitative estimate of drug-likeness (QED) is 0.891. The van der Waals surface area contributed by atoms with Crippen molar-refractivity contribution in [2.24, 2.45) is 11.8 Å². The molecule has 0 aliphatic heterocycles. The number of hydrogen-bond donors (Lipinski definition) is 2. The van der Waals surface area contributed by atoms with Crippen molar-refractivity contribution in [2.45, 2.75) is 31.6 Å². The number of aliphatic hydroxyl groups is 1. The van der Waals surface area contributed by atoms with Crippen molar-refractivity contribution >= 4 is 17.6 Å². The predicted octanol–water partition coefficient (Wildman–Crippen LogP) is 3.31. The van der Waals surface area contributed by atoms with E-state index in [0.717, 1.165) is 22.8 Å². The highest BCUT2D eigenvalue weighted by Gasteiger charge is 2.47. The fourth-order valence-electron chi connectivity index (χ4n) is 2.48. The summed E-state index contributed by atoms with van der Waals surface area (Å²) in [6, 6.07) is 8.38. The number of carbonyl (C=O) groups is 1. The van der Waals surface area contributed by atoms with Crippen molar-refractivity contribution in [1.82, 2.24) is 0 Å². The fourth-order valence-corrected chi connectivity index (χ4v) is 2.67. The summed E-state index contributed by atoms with van der Waals surface area (Å²) in [5.41, 5.74) is 1.46. The second-order valence-corrected chi connectivity index (χ2v) is 5.70. The molecule has 2 fully saturated rings. The van der Waals surface area contributed by atoms with Crippen LogP contribution in [0.4, 0.5) is 0 Å². The lowest BCUT2D eigenvalue weighted by atomic mass is 10.1. The standard InChI is InChI=1S/C12H13Cl.C3H6O3/c13-10-3-1-2-9(6-10)12-7-11(12)8-4-5-8;4-2-1-3(5)6/h1-3,6,8,11-12H,4-5,7H2;4H,1-2H2,(H,5,6). The van der Waals surface area contributed by atoms with E-state index in [1.54, 1.807) is 0 Å². The SMILES string of the molecule is Clc1cccc(C2CC2C2CC2)c1.O=C(O)CCO. The van der Waals surface area contributed by atoms with Crippen LogP contribution >= 0.6 is 11.6 Å². The summed E-state index contributed by atoms with van der Waals surface area (Å²) in [5, 5.41) is 16.5. The first kappa shape index (κ1) is 14.4. The lowest BCUT2D eigenvalue weighted by molar-refractivity contribution is -0.137. The summed E-state index contributed by atoms with van der Waals surface area (Å²) in [6.07, 6.45) is 4.20. The van der Waals surface area contributed by atoms with Crippen LogP contribution in [0, 0.1) is 11.8 Å². The van der Waals surface area contributed by atoms with Gasteiger partial charge in [-0.1, -0.05) is 23.7 Å². The van der Waals surface area contributed by atoms with Crippen LogP contribution in [0.3, 0.4) is 0 Å². The molecule has 2 saturated carbocycles. The smallest absolute Gasteiger partial charge is 0.305 e. The van der Waals surface area contributed by atoms with E-state index in [1.165, 1.54) is 24.8 Å². The van der Waals surface area contributed by atoms with Gasteiger partial charge in [0.2, 0.25) is 0 Å². The number of halogens is 1. The van der Waals surface area contributed by atoms with Gasteiger partial charge in [0.25, 0.3) is 0 Å². The Bertz CT molecular complexity index is 443. The number of aliphatic carboxylic acids is 1. The minimum Gasteiger partial charge on any atom is -0.481 e. The molecule has 0 amide bonds. The molecule has 1 aromatic rings. The van der Waals surface area contributed by atoms with Gasteiger partial charge in [0.05, 0.1) is 13.0 Å². The monoisotopic (exact) mass is 282 g/mol. The van der Waals surface area contributed by atoms with Crippen LogP contribution in [0.5, 0.6) is 0 Å². The second-order valence-electron chi connectivity index (χ2n) is 5.27. The normalized spacial score (nSPS) is 24.3. The highest BCUT2D eigenvalue weighted by molar-refractivity contribution is 6.30. The number of benzene rings is 1. The van der Waals surface area contributed by atoms with Crippen LogP contribution in [0.1, 0.15) is 37.2 Å². The van der Waals surface area contributed by atoms with Gasteiger partial charge < -0.3 is 10.2 Å². The van der Waals surface area contributed by atoms with Gasteiger partial charge in [0.15, 0.2) is 0 Å². The van der Waals surface area contributed by atoms with Crippen molar-refractivity contribution in [2.75, 3.05) is 6.61 Å². The minimum absolute atomic E-state index is 0.153. The van der Waals surface area contributed by atoms with Crippen LogP contribution in [0.15, 0.2) is 24.3 Å². The van der Waals surface area contributed by atoms with Crippen molar-refractivity contribution < 1.29 is 15.0 Å². The Labute approximate surface area is 118 Å². The molecule has 2 aliphatic rings. The zero-order chi connectivity index (χ0) is 13.8. The molecule has 0 radical (unpaired) electrons. The minimum atomic E-state index is -0.961. The van der Waals surface area contributed by atoms with E-state index in [9.17, 15) is 4.79 Å². The topological polar surface area (TPSA) is 57.5 Å². The van der Waals surface area contributed by atoms with Gasteiger partial charge >= 0.3 is 5.97 Å². The van der Waals surface area contributed by atoms with Gasteiger partial charge in [-0.15, -0.1) is 0 Å². The molecular formula is C15H19ClO3. The van der Waals surface area contributed by atoms with Crippen LogP contribution in [-0.2, 0) is 4.79 Å². The molecule has 0 spiro atoms. The molecule has 4 heteroatoms. The maximum absolute atomic E-state index is 9.44. The van der Waals surface area contributed by atoms with E-state index in [2.05, 4.69) is 18.2 Å². The number of aliphatic hydroxyl groups excluding tert-OH is 1. The highest BCUT2D eigenvalue weighted by atomic mass is 35.5. The molecule has 1 aromatic carbocycles. The van der Waals surface area contributed by atoms with Gasteiger partial charge in [-0.05, 0) is 54.7 Å². The molecule has 0 saturated heterocycles. The molecule has 2 unspecified atom stereocenters. The maximum atomic E-state index is 9.44. The van der Waals surface area contributed by atoms with Crippen molar-refractivity contribution in [1.29, 1.82) is 0 Å². The molecule has 3 rings (SSSR count). The lowest BCUT2D eigenvalue weighted by Gasteiger charge is -1.99. The van der Waals surface area contributed by atoms with Crippen LogP contribution in [0.25, 0.3) is 0 Å². The molecule has 2 N–H and O–H groups in total. The molecule has 3 nitrogen and oxygen atoms in total. The van der Waals surface area contributed by atoms with E-state index < -0.39 is 5.97 Å². The zero-order valence-electron chi connectivity index (χ0n) is 10.8. The number of hydrogen-bond acceptors (Lipinski definition) is 2. The Morgan fingerprint density at radius 3 is 2.58 bits per heavy atom. The van der Waals surface area contributed by atoms with Gasteiger partial charge in [0.1, 0.15) is 0 Å². The molecular weight excluding hydrogens is 264 g/mol. The molecule has 0 heterocycles. The molecule has 0 bridgehead atoms. The Morgan fingerprint density at radius 2 is 2.11 bits per heavy atom. The summed E-state index contributed by atoms with van der Waals surface area (Å²) in [5.74, 6) is 1.94. The Balaban J connectivity index is 0.000000192. The largest absolute Gasteiger partial charge is 0.481 e. The Hall–Kier alpha value is -1.06. The predicted molar refractivity (Wildman–Crippen MR) is 74.4 cm³/mol. The average molecular weight is 283 g/mol. The van der Waals surface area contributed by atoms with Crippen molar-refractivity contribution in [3.05, 3.63) is 34.9 Å². The van der Waals surface area contributed by atoms with Gasteiger partial charge in [-0.2, -0.15) is 0 Å². The maximum Gasteiger partial charge on any atom is 0.305 e. The van der Waals surface area contributed by atoms with E-state index in [4.69, 9.17) is 21.8 Å². The van der Waals surface area contributed by atoms with Crippen LogP contribution < -0.4 is 0 Å². The fraction of sp³-hybridized carbons (Fsp3) is 0.533.